The minimum atomic E-state index is 0.145. The fourth-order valence-electron chi connectivity index (χ4n) is 3.14. The number of rotatable bonds is 4. The molecule has 0 atom stereocenters. The van der Waals surface area contributed by atoms with E-state index in [0.29, 0.717) is 16.3 Å². The molecule has 5 rings (SSSR count). The van der Waals surface area contributed by atoms with Crippen molar-refractivity contribution in [3.63, 3.8) is 0 Å². The topological polar surface area (TPSA) is 71.5 Å². The Morgan fingerprint density at radius 1 is 1.07 bits per heavy atom. The maximum atomic E-state index is 9.82. The van der Waals surface area contributed by atoms with Gasteiger partial charge in [0.25, 0.3) is 0 Å². The maximum Gasteiger partial charge on any atom is 0.232 e. The zero-order chi connectivity index (χ0) is 20.5. The Kier molecular flexibility index (Phi) is 4.90. The van der Waals surface area contributed by atoms with E-state index in [2.05, 4.69) is 41.2 Å². The van der Waals surface area contributed by atoms with Gasteiger partial charge in [-0.25, -0.2) is 9.97 Å². The summed E-state index contributed by atoms with van der Waals surface area (Å²) in [6.45, 7) is 2.15. The van der Waals surface area contributed by atoms with Crippen LogP contribution in [0.5, 0.6) is 5.75 Å². The number of thiazole rings is 2. The highest BCUT2D eigenvalue weighted by atomic mass is 32.1. The summed E-state index contributed by atoms with van der Waals surface area (Å²) >= 11 is 2.98. The second kappa shape index (κ2) is 7.85. The third kappa shape index (κ3) is 3.65. The van der Waals surface area contributed by atoms with Gasteiger partial charge in [-0.1, -0.05) is 31.2 Å². The van der Waals surface area contributed by atoms with E-state index in [1.807, 2.05) is 22.9 Å². The lowest BCUT2D eigenvalue weighted by atomic mass is 10.1. The molecule has 0 amide bonds. The van der Waals surface area contributed by atoms with E-state index < -0.39 is 0 Å². The third-order valence-electron chi connectivity index (χ3n) is 4.74. The Hall–Kier alpha value is -3.29. The average molecular weight is 432 g/mol. The Bertz CT molecular complexity index is 1380. The van der Waals surface area contributed by atoms with E-state index >= 15 is 0 Å². The molecule has 30 heavy (non-hydrogen) atoms. The number of aromatic hydroxyl groups is 1. The molecule has 0 saturated carbocycles. The molecule has 0 bridgehead atoms. The van der Waals surface area contributed by atoms with Crippen LogP contribution in [0.15, 0.2) is 74.9 Å². The fraction of sp³-hybridized carbons (Fsp3) is 0.0870. The number of aromatic nitrogens is 2. The Morgan fingerprint density at radius 2 is 1.93 bits per heavy atom. The summed E-state index contributed by atoms with van der Waals surface area (Å²) in [6.07, 6.45) is 2.72. The smallest absolute Gasteiger partial charge is 0.232 e. The van der Waals surface area contributed by atoms with Gasteiger partial charge in [0.2, 0.25) is 10.7 Å². The number of nitrogens with zero attached hydrogens (tertiary/aromatic N) is 3. The summed E-state index contributed by atoms with van der Waals surface area (Å²) in [5.74, 6) is 0.145. The number of benzene rings is 2. The molecule has 3 aromatic heterocycles. The van der Waals surface area contributed by atoms with Crippen molar-refractivity contribution in [3.8, 4) is 27.6 Å². The number of hydrogen-bond donors (Lipinski definition) is 1. The predicted octanol–water partition coefficient (Wildman–Crippen LogP) is 6.18. The van der Waals surface area contributed by atoms with E-state index in [1.54, 1.807) is 29.7 Å². The van der Waals surface area contributed by atoms with Crippen LogP contribution in [0.1, 0.15) is 12.5 Å². The van der Waals surface area contributed by atoms with Crippen molar-refractivity contribution in [2.75, 3.05) is 0 Å². The second-order valence-electron chi connectivity index (χ2n) is 6.70. The standard InChI is InChI=1S/C23H17N3O2S2/c1-2-14-3-5-15(6-4-14)19-13-30-22(25-19)18-11-16-7-8-17(27)12-20(16)28-21(18)26-23-24-9-10-29-23/h3-13,27H,2H2,1H3/b26-21-. The summed E-state index contributed by atoms with van der Waals surface area (Å²) < 4.78 is 6.05. The first-order valence-electron chi connectivity index (χ1n) is 9.46. The first kappa shape index (κ1) is 18.7. The van der Waals surface area contributed by atoms with Crippen LogP contribution in [0.25, 0.3) is 32.8 Å². The van der Waals surface area contributed by atoms with Crippen LogP contribution in [0.2, 0.25) is 0 Å². The lowest BCUT2D eigenvalue weighted by Crippen LogP contribution is -2.05. The Morgan fingerprint density at radius 3 is 2.70 bits per heavy atom. The number of phenolic OH excluding ortho intramolecular Hbond substituents is 1. The van der Waals surface area contributed by atoms with Gasteiger partial charge in [-0.15, -0.1) is 22.7 Å². The SMILES string of the molecule is CCc1ccc(-c2csc(-c3cc4ccc(O)cc4o/c3=N\c3nccs3)n2)cc1. The van der Waals surface area contributed by atoms with Crippen LogP contribution in [0.4, 0.5) is 5.13 Å². The molecule has 0 unspecified atom stereocenters. The van der Waals surface area contributed by atoms with Crippen LogP contribution >= 0.6 is 22.7 Å². The summed E-state index contributed by atoms with van der Waals surface area (Å²) in [7, 11) is 0. The number of fused-ring (bicyclic) bond motifs is 1. The van der Waals surface area contributed by atoms with Crippen LogP contribution in [0, 0.1) is 0 Å². The molecule has 0 radical (unpaired) electrons. The second-order valence-corrected chi connectivity index (χ2v) is 8.43. The summed E-state index contributed by atoms with van der Waals surface area (Å²) in [5.41, 5.74) is 5.07. The van der Waals surface area contributed by atoms with Gasteiger partial charge in [0.1, 0.15) is 16.3 Å². The fourth-order valence-corrected chi connectivity index (χ4v) is 4.48. The van der Waals surface area contributed by atoms with Crippen molar-refractivity contribution >= 4 is 38.8 Å². The molecule has 3 heterocycles. The van der Waals surface area contributed by atoms with Gasteiger partial charge >= 0.3 is 0 Å². The van der Waals surface area contributed by atoms with Crippen LogP contribution in [-0.2, 0) is 6.42 Å². The van der Waals surface area contributed by atoms with Gasteiger partial charge in [-0.3, -0.25) is 0 Å². The molecule has 0 aliphatic heterocycles. The van der Waals surface area contributed by atoms with E-state index in [9.17, 15) is 5.11 Å². The molecule has 0 aliphatic rings. The van der Waals surface area contributed by atoms with Crippen LogP contribution in [-0.4, -0.2) is 15.1 Å². The molecule has 0 saturated heterocycles. The molecule has 0 spiro atoms. The van der Waals surface area contributed by atoms with Crippen LogP contribution < -0.4 is 5.55 Å². The third-order valence-corrected chi connectivity index (χ3v) is 6.28. The predicted molar refractivity (Wildman–Crippen MR) is 121 cm³/mol. The molecule has 2 aromatic carbocycles. The van der Waals surface area contributed by atoms with Crippen molar-refractivity contribution < 1.29 is 9.52 Å². The van der Waals surface area contributed by atoms with E-state index in [4.69, 9.17) is 9.40 Å². The number of hydrogen-bond acceptors (Lipinski definition) is 7. The Labute approximate surface area is 180 Å². The quantitative estimate of drug-likeness (QED) is 0.369. The molecular weight excluding hydrogens is 414 g/mol. The van der Waals surface area contributed by atoms with Crippen molar-refractivity contribution in [2.45, 2.75) is 13.3 Å². The minimum Gasteiger partial charge on any atom is -0.508 e. The summed E-state index contributed by atoms with van der Waals surface area (Å²) in [6, 6.07) is 15.5. The summed E-state index contributed by atoms with van der Waals surface area (Å²) in [5, 5.41) is 16.0. The lowest BCUT2D eigenvalue weighted by molar-refractivity contribution is 0.472. The van der Waals surface area contributed by atoms with Crippen molar-refractivity contribution in [1.82, 2.24) is 9.97 Å². The molecule has 0 aliphatic carbocycles. The molecule has 5 nitrogen and oxygen atoms in total. The van der Waals surface area contributed by atoms with Crippen molar-refractivity contribution in [3.05, 3.63) is 76.6 Å². The average Bonchev–Trinajstić information content (AvgIpc) is 3.46. The highest BCUT2D eigenvalue weighted by Crippen LogP contribution is 2.30. The lowest BCUT2D eigenvalue weighted by Gasteiger charge is -2.03. The van der Waals surface area contributed by atoms with E-state index in [1.165, 1.54) is 16.9 Å². The normalized spacial score (nSPS) is 12.0. The first-order chi connectivity index (χ1) is 14.7. The molecule has 1 N–H and O–H groups in total. The zero-order valence-corrected chi connectivity index (χ0v) is 17.7. The minimum absolute atomic E-state index is 0.145. The van der Waals surface area contributed by atoms with Crippen LogP contribution in [0.3, 0.4) is 0 Å². The Balaban J connectivity index is 1.66. The molecule has 7 heteroatoms. The molecular formula is C23H17N3O2S2. The molecule has 0 fully saturated rings. The van der Waals surface area contributed by atoms with Gasteiger partial charge in [0.05, 0.1) is 11.3 Å². The van der Waals surface area contributed by atoms with E-state index in [0.717, 1.165) is 33.6 Å². The highest BCUT2D eigenvalue weighted by Gasteiger charge is 2.13. The number of aryl methyl sites for hydroxylation is 1. The maximum absolute atomic E-state index is 9.82. The van der Waals surface area contributed by atoms with Gasteiger partial charge < -0.3 is 9.52 Å². The first-order valence-corrected chi connectivity index (χ1v) is 11.2. The van der Waals surface area contributed by atoms with Gasteiger partial charge in [-0.05, 0) is 30.2 Å². The van der Waals surface area contributed by atoms with Crippen molar-refractivity contribution in [2.24, 2.45) is 4.99 Å². The number of phenols is 1. The van der Waals surface area contributed by atoms with E-state index in [-0.39, 0.29) is 5.75 Å². The molecule has 5 aromatic rings. The van der Waals surface area contributed by atoms with Gasteiger partial charge in [0, 0.05) is 34.0 Å². The largest absolute Gasteiger partial charge is 0.508 e. The summed E-state index contributed by atoms with van der Waals surface area (Å²) in [4.78, 5) is 13.7. The zero-order valence-electron chi connectivity index (χ0n) is 16.1. The highest BCUT2D eigenvalue weighted by molar-refractivity contribution is 7.13. The monoisotopic (exact) mass is 431 g/mol. The van der Waals surface area contributed by atoms with Gasteiger partial charge in [0.15, 0.2) is 0 Å². The van der Waals surface area contributed by atoms with Gasteiger partial charge in [-0.2, -0.15) is 4.99 Å². The molecule has 148 valence electrons. The van der Waals surface area contributed by atoms with Crippen molar-refractivity contribution in [1.29, 1.82) is 0 Å².